The molecule has 1 heterocycles. The van der Waals surface area contributed by atoms with Crippen molar-refractivity contribution >= 4 is 37.8 Å². The molecule has 5 heteroatoms. The number of rotatable bonds is 4. The molecule has 1 aliphatic heterocycles. The van der Waals surface area contributed by atoms with Crippen molar-refractivity contribution in [1.82, 2.24) is 10.6 Å². The van der Waals surface area contributed by atoms with Gasteiger partial charge in [-0.15, -0.1) is 0 Å². The molecular weight excluding hydrogens is 372 g/mol. The Morgan fingerprint density at radius 1 is 1.37 bits per heavy atom. The first-order valence-corrected chi connectivity index (χ1v) is 7.87. The molecule has 19 heavy (non-hydrogen) atoms. The number of amides is 1. The maximum absolute atomic E-state index is 12.1. The molecular formula is C14H16Br2N2O. The van der Waals surface area contributed by atoms with Crippen LogP contribution >= 0.6 is 31.9 Å². The third-order valence-corrected chi connectivity index (χ3v) is 4.25. The third kappa shape index (κ3) is 4.44. The molecule has 0 saturated carbocycles. The van der Waals surface area contributed by atoms with Crippen LogP contribution in [0.3, 0.4) is 0 Å². The van der Waals surface area contributed by atoms with Crippen molar-refractivity contribution in [2.45, 2.75) is 12.8 Å². The first-order valence-electron chi connectivity index (χ1n) is 6.28. The van der Waals surface area contributed by atoms with Crippen LogP contribution in [0.2, 0.25) is 0 Å². The second-order valence-electron chi connectivity index (χ2n) is 4.45. The lowest BCUT2D eigenvalue weighted by atomic mass is 10.1. The molecule has 3 nitrogen and oxygen atoms in total. The van der Waals surface area contributed by atoms with Gasteiger partial charge in [-0.2, -0.15) is 0 Å². The van der Waals surface area contributed by atoms with Crippen LogP contribution in [0.5, 0.6) is 0 Å². The molecule has 0 aromatic heterocycles. The second-order valence-corrected chi connectivity index (χ2v) is 6.22. The lowest BCUT2D eigenvalue weighted by Gasteiger charge is -2.14. The van der Waals surface area contributed by atoms with E-state index in [0.717, 1.165) is 34.9 Å². The van der Waals surface area contributed by atoms with E-state index in [1.165, 1.54) is 5.57 Å². The third-order valence-electron chi connectivity index (χ3n) is 3.06. The monoisotopic (exact) mass is 386 g/mol. The maximum atomic E-state index is 12.1. The highest BCUT2D eigenvalue weighted by atomic mass is 79.9. The highest BCUT2D eigenvalue weighted by molar-refractivity contribution is 9.11. The lowest BCUT2D eigenvalue weighted by Crippen LogP contribution is -2.26. The molecule has 1 aromatic carbocycles. The number of benzene rings is 1. The molecule has 0 bridgehead atoms. The lowest BCUT2D eigenvalue weighted by molar-refractivity contribution is 0.0953. The number of hydrogen-bond donors (Lipinski definition) is 2. The van der Waals surface area contributed by atoms with Gasteiger partial charge in [0.25, 0.3) is 5.91 Å². The molecule has 2 N–H and O–H groups in total. The van der Waals surface area contributed by atoms with Crippen molar-refractivity contribution in [3.8, 4) is 0 Å². The summed E-state index contributed by atoms with van der Waals surface area (Å²) >= 11 is 6.78. The summed E-state index contributed by atoms with van der Waals surface area (Å²) in [4.78, 5) is 12.1. The average molecular weight is 388 g/mol. The van der Waals surface area contributed by atoms with E-state index in [0.29, 0.717) is 12.1 Å². The molecule has 1 aromatic rings. The molecule has 0 spiro atoms. The largest absolute Gasteiger partial charge is 0.352 e. The smallest absolute Gasteiger partial charge is 0.252 e. The molecule has 102 valence electrons. The van der Waals surface area contributed by atoms with Gasteiger partial charge < -0.3 is 10.6 Å². The van der Waals surface area contributed by atoms with E-state index in [4.69, 9.17) is 0 Å². The van der Waals surface area contributed by atoms with Gasteiger partial charge in [-0.1, -0.05) is 27.6 Å². The van der Waals surface area contributed by atoms with Crippen molar-refractivity contribution in [3.05, 3.63) is 44.4 Å². The molecule has 0 unspecified atom stereocenters. The molecule has 0 aliphatic carbocycles. The minimum atomic E-state index is -0.0392. The molecule has 0 saturated heterocycles. The van der Waals surface area contributed by atoms with Crippen LogP contribution in [0.4, 0.5) is 0 Å². The number of nitrogens with one attached hydrogen (secondary N) is 2. The Labute approximate surface area is 130 Å². The molecule has 2 rings (SSSR count). The summed E-state index contributed by atoms with van der Waals surface area (Å²) < 4.78 is 1.72. The fourth-order valence-corrected chi connectivity index (χ4v) is 2.79. The van der Waals surface area contributed by atoms with Crippen LogP contribution in [0.15, 0.2) is 38.8 Å². The zero-order chi connectivity index (χ0) is 13.7. The Morgan fingerprint density at radius 3 is 2.95 bits per heavy atom. The van der Waals surface area contributed by atoms with Crippen molar-refractivity contribution in [3.63, 3.8) is 0 Å². The zero-order valence-electron chi connectivity index (χ0n) is 10.5. The van der Waals surface area contributed by atoms with Gasteiger partial charge >= 0.3 is 0 Å². The first-order chi connectivity index (χ1) is 9.16. The van der Waals surface area contributed by atoms with Gasteiger partial charge in [-0.3, -0.25) is 4.79 Å². The molecule has 0 radical (unpaired) electrons. The summed E-state index contributed by atoms with van der Waals surface area (Å²) in [6.07, 6.45) is 4.22. The number of halogens is 2. The predicted octanol–water partition coefficient (Wildman–Crippen LogP) is 3.25. The Kier molecular flexibility index (Phi) is 5.60. The van der Waals surface area contributed by atoms with Crippen LogP contribution in [0, 0.1) is 0 Å². The van der Waals surface area contributed by atoms with E-state index >= 15 is 0 Å². The van der Waals surface area contributed by atoms with E-state index in [1.807, 2.05) is 18.2 Å². The van der Waals surface area contributed by atoms with Crippen molar-refractivity contribution < 1.29 is 4.79 Å². The number of hydrogen-bond acceptors (Lipinski definition) is 2. The van der Waals surface area contributed by atoms with Crippen molar-refractivity contribution in [1.29, 1.82) is 0 Å². The summed E-state index contributed by atoms with van der Waals surface area (Å²) in [6, 6.07) is 5.60. The van der Waals surface area contributed by atoms with Gasteiger partial charge in [0, 0.05) is 22.0 Å². The van der Waals surface area contributed by atoms with E-state index in [-0.39, 0.29) is 5.91 Å². The highest BCUT2D eigenvalue weighted by Gasteiger charge is 2.10. The fraction of sp³-hybridized carbons (Fsp3) is 0.357. The minimum absolute atomic E-state index is 0.0392. The Morgan fingerprint density at radius 2 is 2.21 bits per heavy atom. The first kappa shape index (κ1) is 14.8. The minimum Gasteiger partial charge on any atom is -0.352 e. The Hall–Kier alpha value is -0.650. The predicted molar refractivity (Wildman–Crippen MR) is 84.4 cm³/mol. The van der Waals surface area contributed by atoms with Crippen LogP contribution in [-0.2, 0) is 0 Å². The van der Waals surface area contributed by atoms with E-state index in [2.05, 4.69) is 48.6 Å². The van der Waals surface area contributed by atoms with Gasteiger partial charge in [0.1, 0.15) is 0 Å². The number of carbonyl (C=O) groups is 1. The molecule has 1 amide bonds. The Bertz CT molecular complexity index is 500. The van der Waals surface area contributed by atoms with E-state index in [9.17, 15) is 4.79 Å². The summed E-state index contributed by atoms with van der Waals surface area (Å²) in [5.74, 6) is -0.0392. The van der Waals surface area contributed by atoms with E-state index < -0.39 is 0 Å². The topological polar surface area (TPSA) is 41.1 Å². The van der Waals surface area contributed by atoms with Crippen LogP contribution in [0.1, 0.15) is 23.2 Å². The van der Waals surface area contributed by atoms with Gasteiger partial charge in [0.2, 0.25) is 0 Å². The van der Waals surface area contributed by atoms with Gasteiger partial charge in [-0.25, -0.2) is 0 Å². The zero-order valence-corrected chi connectivity index (χ0v) is 13.7. The molecule has 1 aliphatic rings. The Balaban J connectivity index is 1.87. The second kappa shape index (κ2) is 7.22. The van der Waals surface area contributed by atoms with Crippen LogP contribution < -0.4 is 10.6 Å². The summed E-state index contributed by atoms with van der Waals surface area (Å²) in [7, 11) is 0. The van der Waals surface area contributed by atoms with Gasteiger partial charge in [0.15, 0.2) is 0 Å². The van der Waals surface area contributed by atoms with Crippen LogP contribution in [0.25, 0.3) is 0 Å². The van der Waals surface area contributed by atoms with E-state index in [1.54, 1.807) is 0 Å². The maximum Gasteiger partial charge on any atom is 0.252 e. The normalized spacial score (nSPS) is 14.9. The van der Waals surface area contributed by atoms with Crippen molar-refractivity contribution in [2.24, 2.45) is 0 Å². The van der Waals surface area contributed by atoms with Gasteiger partial charge in [0.05, 0.1) is 5.56 Å². The SMILES string of the molecule is O=C(NCCC1=CCNCC1)c1cc(Br)ccc1Br. The number of carbonyl (C=O) groups excluding carboxylic acids is 1. The molecule has 0 fully saturated rings. The quantitative estimate of drug-likeness (QED) is 0.778. The summed E-state index contributed by atoms with van der Waals surface area (Å²) in [6.45, 7) is 2.67. The molecule has 0 atom stereocenters. The standard InChI is InChI=1S/C14H16Br2N2O/c15-11-1-2-13(16)12(9-11)14(19)18-8-5-10-3-6-17-7-4-10/h1-3,9,17H,4-8H2,(H,18,19). The highest BCUT2D eigenvalue weighted by Crippen LogP contribution is 2.21. The summed E-state index contributed by atoms with van der Waals surface area (Å²) in [5, 5.41) is 6.24. The van der Waals surface area contributed by atoms with Gasteiger partial charge in [-0.05, 0) is 53.5 Å². The van der Waals surface area contributed by atoms with Crippen LogP contribution in [-0.4, -0.2) is 25.5 Å². The fourth-order valence-electron chi connectivity index (χ4n) is 2.00. The van der Waals surface area contributed by atoms with Crippen molar-refractivity contribution in [2.75, 3.05) is 19.6 Å². The average Bonchev–Trinajstić information content (AvgIpc) is 2.42. The summed E-state index contributed by atoms with van der Waals surface area (Å²) in [5.41, 5.74) is 2.08.